The van der Waals surface area contributed by atoms with E-state index < -0.39 is 0 Å². The monoisotopic (exact) mass is 347 g/mol. The van der Waals surface area contributed by atoms with Crippen molar-refractivity contribution in [1.29, 1.82) is 0 Å². The fraction of sp³-hybridized carbons (Fsp3) is 0. The van der Waals surface area contributed by atoms with Gasteiger partial charge in [0.05, 0.1) is 0 Å². The summed E-state index contributed by atoms with van der Waals surface area (Å²) in [6.45, 7) is 0. The molecule has 22 heavy (non-hydrogen) atoms. The number of benzene rings is 2. The molecule has 0 atom stereocenters. The molecule has 2 aromatic carbocycles. The third-order valence-corrected chi connectivity index (χ3v) is 4.43. The minimum absolute atomic E-state index is 1.10. The van der Waals surface area contributed by atoms with Crippen molar-refractivity contribution in [2.24, 2.45) is 0 Å². The molecule has 0 bridgehead atoms. The van der Waals surface area contributed by atoms with E-state index in [1.54, 1.807) is 0 Å². The Morgan fingerprint density at radius 1 is 0.636 bits per heavy atom. The highest BCUT2D eigenvalue weighted by atomic mass is 79.9. The van der Waals surface area contributed by atoms with Gasteiger partial charge in [-0.2, -0.15) is 0 Å². The first-order valence-corrected chi connectivity index (χ1v) is 8.02. The fourth-order valence-electron chi connectivity index (χ4n) is 2.71. The van der Waals surface area contributed by atoms with Crippen LogP contribution in [0.1, 0.15) is 0 Å². The largest absolute Gasteiger partial charge is 0.323 e. The van der Waals surface area contributed by atoms with Crippen LogP contribution >= 0.6 is 15.9 Å². The summed E-state index contributed by atoms with van der Waals surface area (Å²) in [6.07, 6.45) is 4.25. The highest BCUT2D eigenvalue weighted by molar-refractivity contribution is 9.10. The topological polar surface area (TPSA) is 4.41 Å². The summed E-state index contributed by atoms with van der Waals surface area (Å²) in [5, 5.41) is 0. The van der Waals surface area contributed by atoms with E-state index >= 15 is 0 Å². The lowest BCUT2D eigenvalue weighted by molar-refractivity contribution is 1.20. The van der Waals surface area contributed by atoms with Crippen molar-refractivity contribution in [3.05, 3.63) is 89.7 Å². The van der Waals surface area contributed by atoms with Crippen LogP contribution in [0.2, 0.25) is 0 Å². The molecule has 0 aliphatic carbocycles. The zero-order valence-corrected chi connectivity index (χ0v) is 13.5. The molecule has 0 N–H and O–H groups in total. The van der Waals surface area contributed by atoms with Gasteiger partial charge in [0, 0.05) is 27.9 Å². The summed E-state index contributed by atoms with van der Waals surface area (Å²) < 4.78 is 3.26. The van der Waals surface area contributed by atoms with Crippen molar-refractivity contribution in [2.75, 3.05) is 0 Å². The van der Waals surface area contributed by atoms with Gasteiger partial charge in [-0.05, 0) is 47.0 Å². The molecule has 2 aromatic heterocycles. The maximum atomic E-state index is 3.47. The molecule has 0 amide bonds. The normalized spacial score (nSPS) is 11.0. The summed E-state index contributed by atoms with van der Waals surface area (Å²) in [4.78, 5) is 0. The van der Waals surface area contributed by atoms with Gasteiger partial charge in [0.25, 0.3) is 0 Å². The molecule has 0 spiro atoms. The Kier molecular flexibility index (Phi) is 3.32. The number of fused-ring (bicyclic) bond motifs is 1. The van der Waals surface area contributed by atoms with E-state index in [0.29, 0.717) is 0 Å². The Hall–Kier alpha value is -2.32. The maximum absolute atomic E-state index is 3.47. The summed E-state index contributed by atoms with van der Waals surface area (Å²) >= 11 is 3.47. The highest BCUT2D eigenvalue weighted by Gasteiger charge is 2.03. The molecule has 0 unspecified atom stereocenters. The van der Waals surface area contributed by atoms with Gasteiger partial charge >= 0.3 is 0 Å². The van der Waals surface area contributed by atoms with Crippen LogP contribution in [0.25, 0.3) is 27.8 Å². The van der Waals surface area contributed by atoms with Gasteiger partial charge < -0.3 is 4.40 Å². The number of aromatic nitrogens is 1. The Bertz CT molecular complexity index is 885. The van der Waals surface area contributed by atoms with Crippen LogP contribution in [0.5, 0.6) is 0 Å². The molecule has 4 aromatic rings. The van der Waals surface area contributed by atoms with E-state index in [2.05, 4.69) is 99.5 Å². The van der Waals surface area contributed by atoms with Crippen molar-refractivity contribution in [2.45, 2.75) is 0 Å². The zero-order chi connectivity index (χ0) is 14.9. The molecule has 0 fully saturated rings. The molecular formula is C20H14BrN. The first kappa shape index (κ1) is 13.4. The second-order valence-corrected chi connectivity index (χ2v) is 6.26. The van der Waals surface area contributed by atoms with E-state index in [1.165, 1.54) is 27.8 Å². The molecule has 0 aliphatic heterocycles. The summed E-state index contributed by atoms with van der Waals surface area (Å²) in [6, 6.07) is 25.6. The Morgan fingerprint density at radius 2 is 1.23 bits per heavy atom. The number of pyridine rings is 1. The van der Waals surface area contributed by atoms with E-state index in [4.69, 9.17) is 0 Å². The second kappa shape index (κ2) is 5.47. The van der Waals surface area contributed by atoms with E-state index in [0.717, 1.165) is 4.47 Å². The molecule has 2 heteroatoms. The summed E-state index contributed by atoms with van der Waals surface area (Å²) in [5.74, 6) is 0. The number of halogens is 1. The molecule has 106 valence electrons. The maximum Gasteiger partial charge on any atom is 0.0456 e. The molecule has 4 rings (SSSR count). The second-order valence-electron chi connectivity index (χ2n) is 5.35. The minimum Gasteiger partial charge on any atom is -0.323 e. The molecule has 0 saturated carbocycles. The predicted octanol–water partition coefficient (Wildman–Crippen LogP) is 6.04. The van der Waals surface area contributed by atoms with Gasteiger partial charge in [-0.3, -0.25) is 0 Å². The summed E-state index contributed by atoms with van der Waals surface area (Å²) in [7, 11) is 0. The molecule has 0 radical (unpaired) electrons. The molecule has 0 aliphatic rings. The van der Waals surface area contributed by atoms with Gasteiger partial charge in [-0.15, -0.1) is 0 Å². The minimum atomic E-state index is 1.10. The first-order valence-electron chi connectivity index (χ1n) is 7.23. The molecule has 0 saturated heterocycles. The van der Waals surface area contributed by atoms with Crippen LogP contribution in [0.15, 0.2) is 89.7 Å². The summed E-state index contributed by atoms with van der Waals surface area (Å²) in [5.41, 5.74) is 6.17. The SMILES string of the molecule is Brc1ccc(-c2ccc(-c3cc4ccccn4c3)cc2)cc1. The standard InChI is InChI=1S/C20H14BrN/c21-19-10-8-16(9-11-19)15-4-6-17(7-5-15)18-13-20-3-1-2-12-22(20)14-18/h1-14H. The van der Waals surface area contributed by atoms with Crippen LogP contribution in [0, 0.1) is 0 Å². The lowest BCUT2D eigenvalue weighted by atomic mass is 10.0. The number of rotatable bonds is 2. The van der Waals surface area contributed by atoms with Crippen molar-refractivity contribution in [1.82, 2.24) is 4.40 Å². The van der Waals surface area contributed by atoms with Gasteiger partial charge in [-0.1, -0.05) is 58.4 Å². The number of hydrogen-bond donors (Lipinski definition) is 0. The van der Waals surface area contributed by atoms with Crippen molar-refractivity contribution >= 4 is 21.4 Å². The number of hydrogen-bond acceptors (Lipinski definition) is 0. The average Bonchev–Trinajstić information content (AvgIpc) is 3.00. The lowest BCUT2D eigenvalue weighted by Crippen LogP contribution is -1.79. The van der Waals surface area contributed by atoms with E-state index in [9.17, 15) is 0 Å². The van der Waals surface area contributed by atoms with Gasteiger partial charge in [0.2, 0.25) is 0 Å². The zero-order valence-electron chi connectivity index (χ0n) is 11.9. The van der Waals surface area contributed by atoms with Gasteiger partial charge in [0.15, 0.2) is 0 Å². The molecule has 2 heterocycles. The number of nitrogens with zero attached hydrogens (tertiary/aromatic N) is 1. The van der Waals surface area contributed by atoms with Crippen molar-refractivity contribution in [3.8, 4) is 22.3 Å². The van der Waals surface area contributed by atoms with Crippen molar-refractivity contribution in [3.63, 3.8) is 0 Å². The van der Waals surface area contributed by atoms with Crippen LogP contribution in [-0.4, -0.2) is 4.40 Å². The molecule has 1 nitrogen and oxygen atoms in total. The van der Waals surface area contributed by atoms with Crippen LogP contribution in [0.4, 0.5) is 0 Å². The highest BCUT2D eigenvalue weighted by Crippen LogP contribution is 2.27. The van der Waals surface area contributed by atoms with Gasteiger partial charge in [-0.25, -0.2) is 0 Å². The van der Waals surface area contributed by atoms with Gasteiger partial charge in [0.1, 0.15) is 0 Å². The van der Waals surface area contributed by atoms with E-state index in [1.807, 2.05) is 6.07 Å². The predicted molar refractivity (Wildman–Crippen MR) is 96.0 cm³/mol. The first-order chi connectivity index (χ1) is 10.8. The Labute approximate surface area is 138 Å². The van der Waals surface area contributed by atoms with Crippen LogP contribution in [-0.2, 0) is 0 Å². The van der Waals surface area contributed by atoms with Crippen LogP contribution in [0.3, 0.4) is 0 Å². The smallest absolute Gasteiger partial charge is 0.0456 e. The quantitative estimate of drug-likeness (QED) is 0.416. The Balaban J connectivity index is 1.70. The van der Waals surface area contributed by atoms with Crippen LogP contribution < -0.4 is 0 Å². The van der Waals surface area contributed by atoms with E-state index in [-0.39, 0.29) is 0 Å². The fourth-order valence-corrected chi connectivity index (χ4v) is 2.98. The molecular weight excluding hydrogens is 334 g/mol. The third kappa shape index (κ3) is 2.46. The Morgan fingerprint density at radius 3 is 1.86 bits per heavy atom. The lowest BCUT2D eigenvalue weighted by Gasteiger charge is -2.03. The van der Waals surface area contributed by atoms with Crippen molar-refractivity contribution < 1.29 is 0 Å². The average molecular weight is 348 g/mol. The third-order valence-electron chi connectivity index (χ3n) is 3.90.